The molecule has 0 radical (unpaired) electrons. The fraction of sp³-hybridized carbons (Fsp3) is 0.600. The van der Waals surface area contributed by atoms with Crippen molar-refractivity contribution in [3.63, 3.8) is 0 Å². The molecule has 1 aliphatic heterocycles. The van der Waals surface area contributed by atoms with Gasteiger partial charge in [0.25, 0.3) is 0 Å². The van der Waals surface area contributed by atoms with Crippen molar-refractivity contribution in [2.75, 3.05) is 25.0 Å². The van der Waals surface area contributed by atoms with Gasteiger partial charge in [-0.25, -0.2) is 0 Å². The van der Waals surface area contributed by atoms with Crippen LogP contribution in [0.1, 0.15) is 12.1 Å². The molecule has 1 fully saturated rings. The first kappa shape index (κ1) is 9.40. The number of hydrogen-bond donors (Lipinski definition) is 2. The fourth-order valence-electron chi connectivity index (χ4n) is 1.63. The molecule has 76 valence electrons. The van der Waals surface area contributed by atoms with Crippen molar-refractivity contribution in [1.82, 2.24) is 15.5 Å². The predicted molar refractivity (Wildman–Crippen MR) is 56.2 cm³/mol. The molecule has 2 heterocycles. The Morgan fingerprint density at radius 3 is 3.07 bits per heavy atom. The number of aromatic nitrogens is 2. The van der Waals surface area contributed by atoms with E-state index in [4.69, 9.17) is 0 Å². The van der Waals surface area contributed by atoms with Crippen LogP contribution in [-0.4, -0.2) is 29.8 Å². The average molecular weight is 192 g/mol. The molecule has 0 saturated carbocycles. The SMILES string of the molecule is Cc1ccc(NC[C@H]2CCNC2)nn1. The first-order chi connectivity index (χ1) is 6.84. The predicted octanol–water partition coefficient (Wildman–Crippen LogP) is 0.806. The highest BCUT2D eigenvalue weighted by Crippen LogP contribution is 2.09. The van der Waals surface area contributed by atoms with Crippen molar-refractivity contribution in [2.24, 2.45) is 5.92 Å². The van der Waals surface area contributed by atoms with Gasteiger partial charge in [-0.1, -0.05) is 0 Å². The number of nitrogens with one attached hydrogen (secondary N) is 2. The van der Waals surface area contributed by atoms with Crippen LogP contribution in [0.3, 0.4) is 0 Å². The van der Waals surface area contributed by atoms with E-state index in [0.717, 1.165) is 37.1 Å². The first-order valence-electron chi connectivity index (χ1n) is 5.09. The van der Waals surface area contributed by atoms with Crippen molar-refractivity contribution in [2.45, 2.75) is 13.3 Å². The van der Waals surface area contributed by atoms with E-state index in [1.54, 1.807) is 0 Å². The third-order valence-corrected chi connectivity index (χ3v) is 2.53. The van der Waals surface area contributed by atoms with Gasteiger partial charge >= 0.3 is 0 Å². The summed E-state index contributed by atoms with van der Waals surface area (Å²) in [5.41, 5.74) is 0.957. The van der Waals surface area contributed by atoms with Gasteiger partial charge in [0, 0.05) is 6.54 Å². The largest absolute Gasteiger partial charge is 0.368 e. The van der Waals surface area contributed by atoms with Crippen LogP contribution in [-0.2, 0) is 0 Å². The zero-order valence-electron chi connectivity index (χ0n) is 8.45. The zero-order valence-corrected chi connectivity index (χ0v) is 8.45. The van der Waals surface area contributed by atoms with Crippen LogP contribution >= 0.6 is 0 Å². The Hall–Kier alpha value is -1.16. The Labute approximate surface area is 84.1 Å². The van der Waals surface area contributed by atoms with Crippen LogP contribution in [0, 0.1) is 12.8 Å². The van der Waals surface area contributed by atoms with E-state index in [1.807, 2.05) is 19.1 Å². The van der Waals surface area contributed by atoms with Crippen LogP contribution in [0.15, 0.2) is 12.1 Å². The second-order valence-electron chi connectivity index (χ2n) is 3.80. The van der Waals surface area contributed by atoms with E-state index in [-0.39, 0.29) is 0 Å². The summed E-state index contributed by atoms with van der Waals surface area (Å²) in [5.74, 6) is 1.61. The molecular formula is C10H16N4. The molecule has 0 amide bonds. The van der Waals surface area contributed by atoms with Gasteiger partial charge in [-0.15, -0.1) is 5.10 Å². The Morgan fingerprint density at radius 1 is 1.50 bits per heavy atom. The second-order valence-corrected chi connectivity index (χ2v) is 3.80. The van der Waals surface area contributed by atoms with Crippen LogP contribution in [0.2, 0.25) is 0 Å². The van der Waals surface area contributed by atoms with Gasteiger partial charge in [0.15, 0.2) is 0 Å². The van der Waals surface area contributed by atoms with Gasteiger partial charge in [-0.3, -0.25) is 0 Å². The highest BCUT2D eigenvalue weighted by molar-refractivity contribution is 5.32. The van der Waals surface area contributed by atoms with Crippen molar-refractivity contribution in [3.05, 3.63) is 17.8 Å². The number of rotatable bonds is 3. The second kappa shape index (κ2) is 4.37. The Morgan fingerprint density at radius 2 is 2.43 bits per heavy atom. The van der Waals surface area contributed by atoms with E-state index in [0.29, 0.717) is 0 Å². The molecule has 1 aromatic rings. The van der Waals surface area contributed by atoms with Gasteiger partial charge < -0.3 is 10.6 Å². The van der Waals surface area contributed by atoms with E-state index >= 15 is 0 Å². The molecule has 1 aliphatic rings. The van der Waals surface area contributed by atoms with E-state index < -0.39 is 0 Å². The number of nitrogens with zero attached hydrogens (tertiary/aromatic N) is 2. The van der Waals surface area contributed by atoms with Gasteiger partial charge in [0.1, 0.15) is 5.82 Å². The van der Waals surface area contributed by atoms with Crippen LogP contribution in [0.25, 0.3) is 0 Å². The summed E-state index contributed by atoms with van der Waals surface area (Å²) < 4.78 is 0. The summed E-state index contributed by atoms with van der Waals surface area (Å²) in [6, 6.07) is 3.95. The lowest BCUT2D eigenvalue weighted by Gasteiger charge is -2.09. The third kappa shape index (κ3) is 2.42. The maximum absolute atomic E-state index is 4.06. The number of hydrogen-bond acceptors (Lipinski definition) is 4. The molecule has 0 spiro atoms. The van der Waals surface area contributed by atoms with Gasteiger partial charge in [0.2, 0.25) is 0 Å². The molecule has 4 nitrogen and oxygen atoms in total. The molecule has 0 aromatic carbocycles. The Kier molecular flexibility index (Phi) is 2.93. The lowest BCUT2D eigenvalue weighted by Crippen LogP contribution is -2.17. The molecule has 4 heteroatoms. The molecule has 2 N–H and O–H groups in total. The third-order valence-electron chi connectivity index (χ3n) is 2.53. The van der Waals surface area contributed by atoms with Crippen molar-refractivity contribution in [3.8, 4) is 0 Å². The molecule has 0 unspecified atom stereocenters. The van der Waals surface area contributed by atoms with Crippen molar-refractivity contribution in [1.29, 1.82) is 0 Å². The molecule has 0 bridgehead atoms. The van der Waals surface area contributed by atoms with E-state index in [1.165, 1.54) is 6.42 Å². The summed E-state index contributed by atoms with van der Waals surface area (Å²) in [7, 11) is 0. The van der Waals surface area contributed by atoms with Crippen LogP contribution in [0.5, 0.6) is 0 Å². The minimum Gasteiger partial charge on any atom is -0.368 e. The Balaban J connectivity index is 1.82. The molecule has 1 aromatic heterocycles. The lowest BCUT2D eigenvalue weighted by molar-refractivity contribution is 0.613. The first-order valence-corrected chi connectivity index (χ1v) is 5.09. The Bertz CT molecular complexity index is 277. The maximum Gasteiger partial charge on any atom is 0.148 e. The van der Waals surface area contributed by atoms with Crippen LogP contribution < -0.4 is 10.6 Å². The van der Waals surface area contributed by atoms with E-state index in [2.05, 4.69) is 20.8 Å². The van der Waals surface area contributed by atoms with Gasteiger partial charge in [-0.2, -0.15) is 5.10 Å². The molecular weight excluding hydrogens is 176 g/mol. The lowest BCUT2D eigenvalue weighted by atomic mass is 10.1. The summed E-state index contributed by atoms with van der Waals surface area (Å²) in [4.78, 5) is 0. The minimum atomic E-state index is 0.734. The summed E-state index contributed by atoms with van der Waals surface area (Å²) >= 11 is 0. The normalized spacial score (nSPS) is 21.1. The topological polar surface area (TPSA) is 49.8 Å². The summed E-state index contributed by atoms with van der Waals surface area (Å²) in [5, 5.41) is 14.7. The van der Waals surface area contributed by atoms with Gasteiger partial charge in [-0.05, 0) is 44.5 Å². The monoisotopic (exact) mass is 192 g/mol. The number of anilines is 1. The zero-order chi connectivity index (χ0) is 9.80. The molecule has 14 heavy (non-hydrogen) atoms. The summed E-state index contributed by atoms with van der Waals surface area (Å²) in [6.45, 7) is 5.20. The molecule has 1 saturated heterocycles. The molecule has 1 atom stereocenters. The van der Waals surface area contributed by atoms with Gasteiger partial charge in [0.05, 0.1) is 5.69 Å². The molecule has 2 rings (SSSR count). The summed E-state index contributed by atoms with van der Waals surface area (Å²) in [6.07, 6.45) is 1.26. The maximum atomic E-state index is 4.06. The van der Waals surface area contributed by atoms with E-state index in [9.17, 15) is 0 Å². The number of aryl methyl sites for hydroxylation is 1. The van der Waals surface area contributed by atoms with Crippen molar-refractivity contribution >= 4 is 5.82 Å². The standard InChI is InChI=1S/C10H16N4/c1-8-2-3-10(14-13-8)12-7-9-4-5-11-6-9/h2-3,9,11H,4-7H2,1H3,(H,12,14)/t9-/m0/s1. The van der Waals surface area contributed by atoms with Crippen LogP contribution in [0.4, 0.5) is 5.82 Å². The molecule has 0 aliphatic carbocycles. The highest BCUT2D eigenvalue weighted by Gasteiger charge is 2.13. The smallest absolute Gasteiger partial charge is 0.148 e. The average Bonchev–Trinajstić information content (AvgIpc) is 2.70. The highest BCUT2D eigenvalue weighted by atomic mass is 15.2. The van der Waals surface area contributed by atoms with Crippen molar-refractivity contribution < 1.29 is 0 Å². The quantitative estimate of drug-likeness (QED) is 0.744. The fourth-order valence-corrected chi connectivity index (χ4v) is 1.63. The minimum absolute atomic E-state index is 0.734.